The zero-order valence-electron chi connectivity index (χ0n) is 6.60. The van der Waals surface area contributed by atoms with Crippen LogP contribution >= 0.6 is 22.9 Å². The van der Waals surface area contributed by atoms with Crippen molar-refractivity contribution in [2.75, 3.05) is 0 Å². The summed E-state index contributed by atoms with van der Waals surface area (Å²) in [6.45, 7) is 0. The molecule has 1 unspecified atom stereocenters. The third kappa shape index (κ3) is 2.03. The van der Waals surface area contributed by atoms with E-state index in [1.807, 2.05) is 0 Å². The quantitative estimate of drug-likeness (QED) is 0.733. The van der Waals surface area contributed by atoms with Crippen molar-refractivity contribution < 1.29 is 24.9 Å². The lowest BCUT2D eigenvalue weighted by Crippen LogP contribution is -2.12. The molecule has 1 rings (SSSR count). The molecular weight excluding hydrogens is 232 g/mol. The average molecular weight is 237 g/mol. The van der Waals surface area contributed by atoms with Crippen LogP contribution in [0.1, 0.15) is 21.3 Å². The number of aromatic carboxylic acids is 1. The van der Waals surface area contributed by atoms with Crippen molar-refractivity contribution in [3.63, 3.8) is 0 Å². The maximum absolute atomic E-state index is 10.6. The van der Waals surface area contributed by atoms with Gasteiger partial charge in [-0.2, -0.15) is 0 Å². The van der Waals surface area contributed by atoms with Gasteiger partial charge in [0.25, 0.3) is 0 Å². The van der Waals surface area contributed by atoms with E-state index >= 15 is 0 Å². The highest BCUT2D eigenvalue weighted by Gasteiger charge is 2.25. The third-order valence-electron chi connectivity index (χ3n) is 1.45. The van der Waals surface area contributed by atoms with E-state index in [-0.39, 0.29) is 14.8 Å². The SMILES string of the molecule is O=C(O)c1sc(Cl)cc1C(O)C(=O)O. The van der Waals surface area contributed by atoms with Crippen LogP contribution in [0.15, 0.2) is 6.07 Å². The molecule has 0 aliphatic rings. The molecule has 0 saturated carbocycles. The molecule has 0 saturated heterocycles. The van der Waals surface area contributed by atoms with Gasteiger partial charge in [-0.15, -0.1) is 11.3 Å². The van der Waals surface area contributed by atoms with Gasteiger partial charge in [-0.3, -0.25) is 0 Å². The van der Waals surface area contributed by atoms with Crippen LogP contribution in [-0.4, -0.2) is 27.3 Å². The van der Waals surface area contributed by atoms with Crippen molar-refractivity contribution in [2.45, 2.75) is 6.10 Å². The summed E-state index contributed by atoms with van der Waals surface area (Å²) in [5.41, 5.74) is -0.194. The zero-order valence-corrected chi connectivity index (χ0v) is 8.17. The number of aliphatic hydroxyl groups excluding tert-OH is 1. The van der Waals surface area contributed by atoms with Gasteiger partial charge >= 0.3 is 11.9 Å². The van der Waals surface area contributed by atoms with Gasteiger partial charge in [0, 0.05) is 5.56 Å². The summed E-state index contributed by atoms with van der Waals surface area (Å²) in [6, 6.07) is 1.13. The van der Waals surface area contributed by atoms with Gasteiger partial charge in [0.05, 0.1) is 4.34 Å². The van der Waals surface area contributed by atoms with Crippen LogP contribution in [0.4, 0.5) is 0 Å². The molecule has 0 aliphatic heterocycles. The Morgan fingerprint density at radius 1 is 1.43 bits per heavy atom. The van der Waals surface area contributed by atoms with Crippen molar-refractivity contribution in [3.8, 4) is 0 Å². The molecule has 14 heavy (non-hydrogen) atoms. The van der Waals surface area contributed by atoms with Gasteiger partial charge in [0.15, 0.2) is 6.10 Å². The lowest BCUT2D eigenvalue weighted by Gasteiger charge is -2.03. The van der Waals surface area contributed by atoms with Crippen LogP contribution in [-0.2, 0) is 4.79 Å². The molecule has 1 aromatic rings. The smallest absolute Gasteiger partial charge is 0.346 e. The number of aliphatic hydroxyl groups is 1. The molecule has 1 atom stereocenters. The number of carbonyl (C=O) groups is 2. The first-order valence-electron chi connectivity index (χ1n) is 3.37. The Labute approximate surface area is 87.2 Å². The summed E-state index contributed by atoms with van der Waals surface area (Å²) in [4.78, 5) is 20.8. The second-order valence-electron chi connectivity index (χ2n) is 2.38. The van der Waals surface area contributed by atoms with Gasteiger partial charge < -0.3 is 15.3 Å². The van der Waals surface area contributed by atoms with Gasteiger partial charge in [-0.25, -0.2) is 9.59 Å². The molecule has 1 heterocycles. The molecule has 0 aromatic carbocycles. The molecule has 0 aliphatic carbocycles. The van der Waals surface area contributed by atoms with E-state index in [1.54, 1.807) is 0 Å². The predicted molar refractivity (Wildman–Crippen MR) is 48.9 cm³/mol. The fraction of sp³-hybridized carbons (Fsp3) is 0.143. The number of rotatable bonds is 3. The summed E-state index contributed by atoms with van der Waals surface area (Å²) in [5.74, 6) is -2.82. The molecule has 0 spiro atoms. The highest BCUT2D eigenvalue weighted by Crippen LogP contribution is 2.31. The average Bonchev–Trinajstić information content (AvgIpc) is 2.45. The van der Waals surface area contributed by atoms with Crippen LogP contribution in [0, 0.1) is 0 Å². The molecule has 76 valence electrons. The number of carboxylic acid groups (broad SMARTS) is 2. The number of aliphatic carboxylic acids is 1. The largest absolute Gasteiger partial charge is 0.479 e. The van der Waals surface area contributed by atoms with Crippen molar-refractivity contribution in [3.05, 3.63) is 20.8 Å². The maximum Gasteiger partial charge on any atom is 0.346 e. The van der Waals surface area contributed by atoms with Crippen LogP contribution in [0.5, 0.6) is 0 Å². The Hall–Kier alpha value is -1.11. The molecule has 1 aromatic heterocycles. The zero-order chi connectivity index (χ0) is 10.9. The van der Waals surface area contributed by atoms with Gasteiger partial charge in [0.1, 0.15) is 4.88 Å². The fourth-order valence-electron chi connectivity index (χ4n) is 0.877. The van der Waals surface area contributed by atoms with Gasteiger partial charge in [-0.1, -0.05) is 11.6 Å². The third-order valence-corrected chi connectivity index (χ3v) is 2.72. The minimum Gasteiger partial charge on any atom is -0.479 e. The molecule has 3 N–H and O–H groups in total. The molecular formula is C7H5ClO5S. The Bertz CT molecular complexity index is 385. The lowest BCUT2D eigenvalue weighted by atomic mass is 10.1. The Morgan fingerprint density at radius 2 is 2.00 bits per heavy atom. The molecule has 0 fully saturated rings. The van der Waals surface area contributed by atoms with Crippen molar-refractivity contribution in [1.82, 2.24) is 0 Å². The highest BCUT2D eigenvalue weighted by molar-refractivity contribution is 7.18. The van der Waals surface area contributed by atoms with Crippen LogP contribution in [0.2, 0.25) is 4.34 Å². The van der Waals surface area contributed by atoms with Crippen molar-refractivity contribution in [1.29, 1.82) is 0 Å². The number of hydrogen-bond acceptors (Lipinski definition) is 4. The van der Waals surface area contributed by atoms with E-state index in [4.69, 9.17) is 26.9 Å². The standard InChI is InChI=1S/C7H5ClO5S/c8-3-1-2(4(9)6(10)11)5(14-3)7(12)13/h1,4,9H,(H,10,11)(H,12,13). The second kappa shape index (κ2) is 3.95. The summed E-state index contributed by atoms with van der Waals surface area (Å²) in [7, 11) is 0. The monoisotopic (exact) mass is 236 g/mol. The highest BCUT2D eigenvalue weighted by atomic mass is 35.5. The molecule has 5 nitrogen and oxygen atoms in total. The van der Waals surface area contributed by atoms with Crippen molar-refractivity contribution >= 4 is 34.9 Å². The summed E-state index contributed by atoms with van der Waals surface area (Å²) < 4.78 is 0.123. The number of carboxylic acids is 2. The minimum atomic E-state index is -1.86. The fourth-order valence-corrected chi connectivity index (χ4v) is 1.98. The molecule has 0 radical (unpaired) electrons. The van der Waals surface area contributed by atoms with E-state index in [9.17, 15) is 9.59 Å². The topological polar surface area (TPSA) is 94.8 Å². The predicted octanol–water partition coefficient (Wildman–Crippen LogP) is 1.22. The summed E-state index contributed by atoms with van der Waals surface area (Å²) in [5, 5.41) is 26.3. The van der Waals surface area contributed by atoms with Gasteiger partial charge in [-0.05, 0) is 6.07 Å². The van der Waals surface area contributed by atoms with E-state index in [0.717, 1.165) is 6.07 Å². The van der Waals surface area contributed by atoms with E-state index in [1.165, 1.54) is 0 Å². The lowest BCUT2D eigenvalue weighted by molar-refractivity contribution is -0.146. The van der Waals surface area contributed by atoms with Crippen LogP contribution in [0.25, 0.3) is 0 Å². The summed E-state index contributed by atoms with van der Waals surface area (Å²) in [6.07, 6.45) is -1.86. The molecule has 0 bridgehead atoms. The molecule has 0 amide bonds. The van der Waals surface area contributed by atoms with E-state index < -0.39 is 18.0 Å². The Kier molecular flexibility index (Phi) is 3.10. The van der Waals surface area contributed by atoms with Crippen LogP contribution < -0.4 is 0 Å². The van der Waals surface area contributed by atoms with E-state index in [0.29, 0.717) is 11.3 Å². The second-order valence-corrected chi connectivity index (χ2v) is 4.06. The normalized spacial score (nSPS) is 12.4. The Balaban J connectivity index is 3.19. The Morgan fingerprint density at radius 3 is 2.43 bits per heavy atom. The van der Waals surface area contributed by atoms with Crippen LogP contribution in [0.3, 0.4) is 0 Å². The van der Waals surface area contributed by atoms with Gasteiger partial charge in [0.2, 0.25) is 0 Å². The molecule has 7 heteroatoms. The number of thiophene rings is 1. The minimum absolute atomic E-state index is 0.123. The number of hydrogen-bond donors (Lipinski definition) is 3. The number of halogens is 1. The first kappa shape index (κ1) is 11.0. The van der Waals surface area contributed by atoms with Crippen molar-refractivity contribution in [2.24, 2.45) is 0 Å². The maximum atomic E-state index is 10.6. The first-order valence-corrected chi connectivity index (χ1v) is 4.56. The van der Waals surface area contributed by atoms with E-state index in [2.05, 4.69) is 0 Å². The summed E-state index contributed by atoms with van der Waals surface area (Å²) >= 11 is 6.22. The first-order chi connectivity index (χ1) is 6.43.